The van der Waals surface area contributed by atoms with Crippen LogP contribution in [-0.4, -0.2) is 57.2 Å². The number of aryl methyl sites for hydroxylation is 4. The van der Waals surface area contributed by atoms with Crippen molar-refractivity contribution in [1.82, 2.24) is 39.4 Å². The van der Waals surface area contributed by atoms with Gasteiger partial charge in [0.1, 0.15) is 24.5 Å². The molecule has 1 atom stereocenters. The fourth-order valence-electron chi connectivity index (χ4n) is 4.64. The largest absolute Gasteiger partial charge is 0.465 e. The quantitative estimate of drug-likeness (QED) is 0.414. The molecule has 0 spiro atoms. The van der Waals surface area contributed by atoms with Crippen LogP contribution in [0.4, 0.5) is 10.5 Å². The number of carbonyl (C=O) groups is 2. The lowest BCUT2D eigenvalue weighted by Crippen LogP contribution is -2.41. The van der Waals surface area contributed by atoms with Gasteiger partial charge in [0.15, 0.2) is 0 Å². The van der Waals surface area contributed by atoms with Crippen LogP contribution in [0.15, 0.2) is 36.9 Å². The van der Waals surface area contributed by atoms with Gasteiger partial charge >= 0.3 is 6.09 Å². The Kier molecular flexibility index (Phi) is 5.93. The van der Waals surface area contributed by atoms with Crippen molar-refractivity contribution < 1.29 is 14.7 Å². The monoisotopic (exact) mass is 477 g/mol. The second kappa shape index (κ2) is 9.20. The zero-order valence-corrected chi connectivity index (χ0v) is 19.6. The van der Waals surface area contributed by atoms with E-state index in [1.54, 1.807) is 17.9 Å². The number of amides is 2. The van der Waals surface area contributed by atoms with Gasteiger partial charge in [0.25, 0.3) is 0 Å². The summed E-state index contributed by atoms with van der Waals surface area (Å²) in [6.07, 6.45) is 6.09. The van der Waals surface area contributed by atoms with Gasteiger partial charge < -0.3 is 15.0 Å². The molecule has 4 heterocycles. The van der Waals surface area contributed by atoms with Crippen LogP contribution in [0.25, 0.3) is 11.0 Å². The van der Waals surface area contributed by atoms with Crippen LogP contribution in [0, 0.1) is 0 Å². The van der Waals surface area contributed by atoms with Crippen LogP contribution in [0.3, 0.4) is 0 Å². The molecule has 35 heavy (non-hydrogen) atoms. The minimum Gasteiger partial charge on any atom is -0.465 e. The Balaban J connectivity index is 1.48. The molecule has 0 aliphatic carbocycles. The van der Waals surface area contributed by atoms with Crippen molar-refractivity contribution in [3.05, 3.63) is 54.1 Å². The number of hydrogen-bond donors (Lipinski definition) is 2. The molecule has 0 radical (unpaired) electrons. The molecular formula is C23H27N9O3. The van der Waals surface area contributed by atoms with Crippen LogP contribution < -0.4 is 10.2 Å². The molecule has 4 aromatic rings. The third kappa shape index (κ3) is 4.34. The van der Waals surface area contributed by atoms with E-state index in [1.807, 2.05) is 40.6 Å². The SMILES string of the molecule is C[C@H]1CCc2c(ccc3c2nc(CCn2cccn2)n3CC(=O)NCc2ncnn2C)N1C(=O)O. The highest BCUT2D eigenvalue weighted by Gasteiger charge is 2.30. The van der Waals surface area contributed by atoms with Gasteiger partial charge in [0.05, 0.1) is 23.3 Å². The van der Waals surface area contributed by atoms with E-state index in [-0.39, 0.29) is 25.0 Å². The number of rotatable bonds is 7. The van der Waals surface area contributed by atoms with E-state index in [2.05, 4.69) is 20.5 Å². The molecule has 0 saturated heterocycles. The van der Waals surface area contributed by atoms with Crippen LogP contribution in [0.2, 0.25) is 0 Å². The molecule has 12 nitrogen and oxygen atoms in total. The number of carboxylic acid groups (broad SMARTS) is 1. The van der Waals surface area contributed by atoms with E-state index < -0.39 is 6.09 Å². The summed E-state index contributed by atoms with van der Waals surface area (Å²) in [7, 11) is 1.77. The van der Waals surface area contributed by atoms with Gasteiger partial charge in [-0.2, -0.15) is 10.2 Å². The summed E-state index contributed by atoms with van der Waals surface area (Å²) in [5.74, 6) is 1.23. The zero-order chi connectivity index (χ0) is 24.5. The lowest BCUT2D eigenvalue weighted by Gasteiger charge is -2.33. The van der Waals surface area contributed by atoms with Crippen LogP contribution in [-0.2, 0) is 44.3 Å². The van der Waals surface area contributed by atoms with E-state index in [4.69, 9.17) is 4.98 Å². The van der Waals surface area contributed by atoms with Gasteiger partial charge in [-0.1, -0.05) is 0 Å². The Morgan fingerprint density at radius 2 is 2.09 bits per heavy atom. The fraction of sp³-hybridized carbons (Fsp3) is 0.391. The first kappa shape index (κ1) is 22.6. The molecule has 2 N–H and O–H groups in total. The van der Waals surface area contributed by atoms with E-state index in [0.29, 0.717) is 30.9 Å². The molecule has 0 unspecified atom stereocenters. The summed E-state index contributed by atoms with van der Waals surface area (Å²) in [4.78, 5) is 35.3. The number of aromatic nitrogens is 7. The minimum absolute atomic E-state index is 0.0840. The summed E-state index contributed by atoms with van der Waals surface area (Å²) >= 11 is 0. The third-order valence-corrected chi connectivity index (χ3v) is 6.47. The number of nitrogens with one attached hydrogen (secondary N) is 1. The van der Waals surface area contributed by atoms with Gasteiger partial charge in [-0.05, 0) is 38.0 Å². The van der Waals surface area contributed by atoms with Crippen molar-refractivity contribution in [3.63, 3.8) is 0 Å². The maximum atomic E-state index is 12.9. The van der Waals surface area contributed by atoms with E-state index >= 15 is 0 Å². The molecule has 0 bridgehead atoms. The van der Waals surface area contributed by atoms with Gasteiger partial charge in [0, 0.05) is 44.0 Å². The lowest BCUT2D eigenvalue weighted by molar-refractivity contribution is -0.121. The first-order valence-corrected chi connectivity index (χ1v) is 11.5. The summed E-state index contributed by atoms with van der Waals surface area (Å²) in [5, 5.41) is 21.0. The Morgan fingerprint density at radius 1 is 1.23 bits per heavy atom. The molecular weight excluding hydrogens is 450 g/mol. The van der Waals surface area contributed by atoms with Crippen molar-refractivity contribution in [2.45, 2.75) is 51.9 Å². The Morgan fingerprint density at radius 3 is 2.80 bits per heavy atom. The van der Waals surface area contributed by atoms with Gasteiger partial charge in [-0.3, -0.25) is 19.1 Å². The first-order chi connectivity index (χ1) is 16.9. The van der Waals surface area contributed by atoms with Gasteiger partial charge in [-0.25, -0.2) is 14.8 Å². The molecule has 1 aromatic carbocycles. The number of nitrogens with zero attached hydrogens (tertiary/aromatic N) is 8. The predicted octanol–water partition coefficient (Wildman–Crippen LogP) is 1.74. The normalized spacial score (nSPS) is 15.4. The lowest BCUT2D eigenvalue weighted by atomic mass is 9.96. The number of fused-ring (bicyclic) bond motifs is 3. The molecule has 2 amide bonds. The molecule has 0 fully saturated rings. The molecule has 3 aromatic heterocycles. The van der Waals surface area contributed by atoms with Crippen molar-refractivity contribution in [3.8, 4) is 0 Å². The van der Waals surface area contributed by atoms with Gasteiger partial charge in [-0.15, -0.1) is 0 Å². The smallest absolute Gasteiger partial charge is 0.412 e. The summed E-state index contributed by atoms with van der Waals surface area (Å²) in [6.45, 7) is 2.88. The van der Waals surface area contributed by atoms with Crippen molar-refractivity contribution in [1.29, 1.82) is 0 Å². The number of anilines is 1. The number of hydrogen-bond acceptors (Lipinski definition) is 6. The standard InChI is InChI=1S/C23H27N9O3/c1-15-4-5-16-17(32(15)23(34)35)6-7-18-22(16)28-19(8-11-30-10-3-9-26-30)31(18)13-21(33)24-12-20-25-14-27-29(20)2/h3,6-7,9-10,14-15H,4-5,8,11-13H2,1-2H3,(H,24,33)(H,34,35)/t15-/m0/s1. The minimum atomic E-state index is -0.973. The van der Waals surface area contributed by atoms with E-state index in [9.17, 15) is 14.7 Å². The second-order valence-electron chi connectivity index (χ2n) is 8.68. The van der Waals surface area contributed by atoms with Crippen molar-refractivity contribution >= 4 is 28.7 Å². The zero-order valence-electron chi connectivity index (χ0n) is 19.6. The van der Waals surface area contributed by atoms with Crippen molar-refractivity contribution in [2.75, 3.05) is 4.90 Å². The molecule has 182 valence electrons. The summed E-state index contributed by atoms with van der Waals surface area (Å²) in [6, 6.07) is 5.45. The van der Waals surface area contributed by atoms with Crippen LogP contribution in [0.5, 0.6) is 0 Å². The maximum absolute atomic E-state index is 12.9. The number of imidazole rings is 1. The summed E-state index contributed by atoms with van der Waals surface area (Å²) in [5.41, 5.74) is 3.13. The Labute approximate surface area is 201 Å². The van der Waals surface area contributed by atoms with Crippen LogP contribution in [0.1, 0.15) is 30.6 Å². The van der Waals surface area contributed by atoms with Gasteiger partial charge in [0.2, 0.25) is 5.91 Å². The highest BCUT2D eigenvalue weighted by molar-refractivity contribution is 5.95. The Bertz CT molecular complexity index is 1370. The Hall–Kier alpha value is -4.22. The average Bonchev–Trinajstić information content (AvgIpc) is 3.56. The van der Waals surface area contributed by atoms with E-state index in [1.165, 1.54) is 11.2 Å². The molecule has 1 aliphatic rings. The average molecular weight is 478 g/mol. The topological polar surface area (TPSA) is 136 Å². The van der Waals surface area contributed by atoms with E-state index in [0.717, 1.165) is 28.8 Å². The fourth-order valence-corrected chi connectivity index (χ4v) is 4.64. The second-order valence-corrected chi connectivity index (χ2v) is 8.68. The first-order valence-electron chi connectivity index (χ1n) is 11.5. The number of benzene rings is 1. The summed E-state index contributed by atoms with van der Waals surface area (Å²) < 4.78 is 5.35. The maximum Gasteiger partial charge on any atom is 0.412 e. The number of carbonyl (C=O) groups excluding carboxylic acids is 1. The third-order valence-electron chi connectivity index (χ3n) is 6.47. The molecule has 1 aliphatic heterocycles. The highest BCUT2D eigenvalue weighted by Crippen LogP contribution is 2.36. The van der Waals surface area contributed by atoms with Crippen molar-refractivity contribution in [2.24, 2.45) is 7.05 Å². The highest BCUT2D eigenvalue weighted by atomic mass is 16.4. The van der Waals surface area contributed by atoms with Crippen LogP contribution >= 0.6 is 0 Å². The predicted molar refractivity (Wildman–Crippen MR) is 127 cm³/mol. The molecule has 12 heteroatoms. The molecule has 0 saturated carbocycles. The molecule has 5 rings (SSSR count).